The Labute approximate surface area is 121 Å². The minimum absolute atomic E-state index is 0.220. The lowest BCUT2D eigenvalue weighted by molar-refractivity contribution is 0.175. The molecule has 0 amide bonds. The summed E-state index contributed by atoms with van der Waals surface area (Å²) in [6.45, 7) is 6.63. The van der Waals surface area contributed by atoms with E-state index in [2.05, 4.69) is 29.1 Å². The first-order valence-corrected chi connectivity index (χ1v) is 6.92. The number of hydrogen-bond donors (Lipinski definition) is 3. The molecule has 2 heterocycles. The van der Waals surface area contributed by atoms with Crippen molar-refractivity contribution in [3.05, 3.63) is 20.8 Å². The molecule has 0 radical (unpaired) electrons. The van der Waals surface area contributed by atoms with Crippen LogP contribution in [-0.2, 0) is 13.6 Å². The number of nitrogens with zero attached hydrogens (tertiary/aromatic N) is 3. The van der Waals surface area contributed by atoms with Crippen LogP contribution in [-0.4, -0.2) is 36.9 Å². The van der Waals surface area contributed by atoms with Crippen molar-refractivity contribution in [2.45, 2.75) is 33.4 Å². The fourth-order valence-corrected chi connectivity index (χ4v) is 2.11. The number of anilines is 1. The Morgan fingerprint density at radius 1 is 1.33 bits per heavy atom. The zero-order chi connectivity index (χ0) is 15.7. The molecule has 8 heteroatoms. The molecule has 2 aromatic heterocycles. The van der Waals surface area contributed by atoms with E-state index in [4.69, 9.17) is 0 Å². The molecule has 8 nitrogen and oxygen atoms in total. The average Bonchev–Trinajstić information content (AvgIpc) is 2.72. The number of hydrogen-bond acceptors (Lipinski definition) is 5. The predicted octanol–water partition coefficient (Wildman–Crippen LogP) is -0.128. The van der Waals surface area contributed by atoms with Gasteiger partial charge in [-0.05, 0) is 12.8 Å². The Hall–Kier alpha value is -2.09. The standard InChI is InChI=1S/C13H21N5O3/c1-7(2)5-14-12-15-10-9(18(12)6-8(3)19)11(20)16-13(21)17(10)4/h7-8,19H,5-6H2,1-4H3,(H,14,15)(H,16,20,21)/t8-/m1/s1. The number of aliphatic hydroxyl groups is 1. The van der Waals surface area contributed by atoms with Crippen LogP contribution in [0.25, 0.3) is 11.2 Å². The number of aromatic amines is 1. The summed E-state index contributed by atoms with van der Waals surface area (Å²) in [7, 11) is 1.55. The number of fused-ring (bicyclic) bond motifs is 1. The van der Waals surface area contributed by atoms with Gasteiger partial charge in [0.2, 0.25) is 5.95 Å². The van der Waals surface area contributed by atoms with Crippen LogP contribution in [0.5, 0.6) is 0 Å². The van der Waals surface area contributed by atoms with Gasteiger partial charge in [-0.25, -0.2) is 4.79 Å². The number of nitrogens with one attached hydrogen (secondary N) is 2. The highest BCUT2D eigenvalue weighted by molar-refractivity contribution is 5.74. The number of aromatic nitrogens is 4. The number of imidazole rings is 1. The fourth-order valence-electron chi connectivity index (χ4n) is 2.11. The van der Waals surface area contributed by atoms with Crippen LogP contribution in [0.1, 0.15) is 20.8 Å². The molecule has 2 aromatic rings. The third-order valence-corrected chi connectivity index (χ3v) is 3.12. The molecule has 3 N–H and O–H groups in total. The highest BCUT2D eigenvalue weighted by atomic mass is 16.3. The van der Waals surface area contributed by atoms with Crippen molar-refractivity contribution in [2.75, 3.05) is 11.9 Å². The number of aryl methyl sites for hydroxylation is 1. The molecule has 0 unspecified atom stereocenters. The lowest BCUT2D eigenvalue weighted by atomic mass is 10.2. The largest absolute Gasteiger partial charge is 0.392 e. The van der Waals surface area contributed by atoms with E-state index in [1.807, 2.05) is 0 Å². The first-order valence-electron chi connectivity index (χ1n) is 6.92. The number of aliphatic hydroxyl groups excluding tert-OH is 1. The summed E-state index contributed by atoms with van der Waals surface area (Å²) in [5, 5.41) is 12.8. The summed E-state index contributed by atoms with van der Waals surface area (Å²) in [6.07, 6.45) is -0.640. The Bertz CT molecular complexity index is 753. The molecular weight excluding hydrogens is 274 g/mol. The van der Waals surface area contributed by atoms with Gasteiger partial charge in [0.15, 0.2) is 11.2 Å². The van der Waals surface area contributed by atoms with Crippen LogP contribution in [0.4, 0.5) is 5.95 Å². The molecule has 0 aliphatic rings. The molecule has 21 heavy (non-hydrogen) atoms. The van der Waals surface area contributed by atoms with Crippen LogP contribution in [0.2, 0.25) is 0 Å². The molecule has 0 aromatic carbocycles. The second kappa shape index (κ2) is 5.72. The van der Waals surface area contributed by atoms with E-state index in [0.29, 0.717) is 24.1 Å². The maximum Gasteiger partial charge on any atom is 0.329 e. The lowest BCUT2D eigenvalue weighted by Crippen LogP contribution is -2.29. The molecular formula is C13H21N5O3. The minimum atomic E-state index is -0.640. The first kappa shape index (κ1) is 15.3. The molecule has 116 valence electrons. The van der Waals surface area contributed by atoms with E-state index >= 15 is 0 Å². The van der Waals surface area contributed by atoms with E-state index in [1.54, 1.807) is 18.5 Å². The Morgan fingerprint density at radius 2 is 2.00 bits per heavy atom. The molecule has 0 aliphatic carbocycles. The monoisotopic (exact) mass is 295 g/mol. The van der Waals surface area contributed by atoms with Crippen molar-refractivity contribution in [3.63, 3.8) is 0 Å². The van der Waals surface area contributed by atoms with Gasteiger partial charge < -0.3 is 15.0 Å². The molecule has 0 saturated carbocycles. The van der Waals surface area contributed by atoms with Gasteiger partial charge in [0, 0.05) is 13.6 Å². The second-order valence-corrected chi connectivity index (χ2v) is 5.66. The third-order valence-electron chi connectivity index (χ3n) is 3.12. The third kappa shape index (κ3) is 2.99. The van der Waals surface area contributed by atoms with E-state index < -0.39 is 17.4 Å². The van der Waals surface area contributed by atoms with Crippen molar-refractivity contribution in [3.8, 4) is 0 Å². The van der Waals surface area contributed by atoms with Crippen LogP contribution >= 0.6 is 0 Å². The number of H-pyrrole nitrogens is 1. The zero-order valence-corrected chi connectivity index (χ0v) is 12.7. The summed E-state index contributed by atoms with van der Waals surface area (Å²) < 4.78 is 2.90. The van der Waals surface area contributed by atoms with Crippen LogP contribution in [0, 0.1) is 5.92 Å². The van der Waals surface area contributed by atoms with Crippen molar-refractivity contribution < 1.29 is 5.11 Å². The van der Waals surface area contributed by atoms with Crippen molar-refractivity contribution in [1.29, 1.82) is 0 Å². The second-order valence-electron chi connectivity index (χ2n) is 5.66. The van der Waals surface area contributed by atoms with Gasteiger partial charge in [-0.2, -0.15) is 4.98 Å². The fraction of sp³-hybridized carbons (Fsp3) is 0.615. The highest BCUT2D eigenvalue weighted by Gasteiger charge is 2.18. The van der Waals surface area contributed by atoms with Gasteiger partial charge in [0.25, 0.3) is 5.56 Å². The summed E-state index contributed by atoms with van der Waals surface area (Å²) >= 11 is 0. The van der Waals surface area contributed by atoms with E-state index in [-0.39, 0.29) is 12.1 Å². The van der Waals surface area contributed by atoms with Gasteiger partial charge in [0.05, 0.1) is 12.6 Å². The predicted molar refractivity (Wildman–Crippen MR) is 80.6 cm³/mol. The van der Waals surface area contributed by atoms with E-state index in [0.717, 1.165) is 0 Å². The van der Waals surface area contributed by atoms with E-state index in [9.17, 15) is 14.7 Å². The van der Waals surface area contributed by atoms with Crippen LogP contribution < -0.4 is 16.6 Å². The van der Waals surface area contributed by atoms with Crippen molar-refractivity contribution >= 4 is 17.1 Å². The van der Waals surface area contributed by atoms with E-state index in [1.165, 1.54) is 4.57 Å². The van der Waals surface area contributed by atoms with Gasteiger partial charge >= 0.3 is 5.69 Å². The molecule has 0 saturated heterocycles. The maximum atomic E-state index is 12.1. The quantitative estimate of drug-likeness (QED) is 0.713. The minimum Gasteiger partial charge on any atom is -0.392 e. The Balaban J connectivity index is 2.67. The zero-order valence-electron chi connectivity index (χ0n) is 12.7. The normalized spacial score (nSPS) is 13.0. The molecule has 0 aliphatic heterocycles. The lowest BCUT2D eigenvalue weighted by Gasteiger charge is -2.13. The van der Waals surface area contributed by atoms with Crippen LogP contribution in [0.15, 0.2) is 9.59 Å². The molecule has 1 atom stereocenters. The molecule has 0 bridgehead atoms. The summed E-state index contributed by atoms with van der Waals surface area (Å²) in [4.78, 5) is 30.3. The van der Waals surface area contributed by atoms with Gasteiger partial charge in [-0.15, -0.1) is 0 Å². The van der Waals surface area contributed by atoms with Gasteiger partial charge in [-0.1, -0.05) is 13.8 Å². The SMILES string of the molecule is CC(C)CNc1nc2c(c(=O)[nH]c(=O)n2C)n1C[C@@H](C)O. The van der Waals surface area contributed by atoms with Gasteiger partial charge in [0.1, 0.15) is 0 Å². The smallest absolute Gasteiger partial charge is 0.329 e. The highest BCUT2D eigenvalue weighted by Crippen LogP contribution is 2.16. The Kier molecular flexibility index (Phi) is 4.17. The summed E-state index contributed by atoms with van der Waals surface area (Å²) in [6, 6.07) is 0. The van der Waals surface area contributed by atoms with Gasteiger partial charge in [-0.3, -0.25) is 14.3 Å². The van der Waals surface area contributed by atoms with Crippen LogP contribution in [0.3, 0.4) is 0 Å². The summed E-state index contributed by atoms with van der Waals surface area (Å²) in [5.41, 5.74) is -0.427. The molecule has 2 rings (SSSR count). The van der Waals surface area contributed by atoms with Crippen molar-refractivity contribution in [2.24, 2.45) is 13.0 Å². The topological polar surface area (TPSA) is 105 Å². The average molecular weight is 295 g/mol. The number of rotatable bonds is 5. The van der Waals surface area contributed by atoms with Crippen molar-refractivity contribution in [1.82, 2.24) is 19.1 Å². The first-order chi connectivity index (χ1) is 9.81. The Morgan fingerprint density at radius 3 is 2.57 bits per heavy atom. The maximum absolute atomic E-state index is 12.1. The summed E-state index contributed by atoms with van der Waals surface area (Å²) in [5.74, 6) is 0.873. The molecule has 0 fully saturated rings. The molecule has 0 spiro atoms.